The Labute approximate surface area is 96.5 Å². The van der Waals surface area contributed by atoms with Gasteiger partial charge < -0.3 is 10.5 Å². The molecule has 0 spiro atoms. The van der Waals surface area contributed by atoms with Gasteiger partial charge in [0.05, 0.1) is 11.4 Å². The van der Waals surface area contributed by atoms with Gasteiger partial charge in [0.25, 0.3) is 5.19 Å². The van der Waals surface area contributed by atoms with E-state index in [9.17, 15) is 0 Å². The fourth-order valence-electron chi connectivity index (χ4n) is 1.07. The summed E-state index contributed by atoms with van der Waals surface area (Å²) in [6.07, 6.45) is 0. The van der Waals surface area contributed by atoms with Gasteiger partial charge in [-0.2, -0.15) is 0 Å². The minimum atomic E-state index is 0.539. The molecule has 1 aromatic carbocycles. The summed E-state index contributed by atoms with van der Waals surface area (Å²) in [5, 5.41) is 3.07. The number of aryl methyl sites for hydroxylation is 1. The van der Waals surface area contributed by atoms with Crippen molar-refractivity contribution in [3.05, 3.63) is 34.3 Å². The Morgan fingerprint density at radius 2 is 2.27 bits per heavy atom. The third-order valence-electron chi connectivity index (χ3n) is 1.77. The summed E-state index contributed by atoms with van der Waals surface area (Å²) in [6, 6.07) is 5.10. The van der Waals surface area contributed by atoms with Crippen LogP contribution in [0, 0.1) is 6.92 Å². The van der Waals surface area contributed by atoms with Gasteiger partial charge in [-0.25, -0.2) is 4.98 Å². The average molecular weight is 241 g/mol. The van der Waals surface area contributed by atoms with E-state index in [2.05, 4.69) is 4.98 Å². The van der Waals surface area contributed by atoms with Crippen molar-refractivity contribution in [3.8, 4) is 10.9 Å². The van der Waals surface area contributed by atoms with Crippen molar-refractivity contribution in [2.45, 2.75) is 6.92 Å². The third kappa shape index (κ3) is 2.40. The number of hydrogen-bond acceptors (Lipinski definition) is 4. The van der Waals surface area contributed by atoms with Crippen molar-refractivity contribution in [3.63, 3.8) is 0 Å². The van der Waals surface area contributed by atoms with Crippen LogP contribution in [0.25, 0.3) is 0 Å². The molecule has 0 aliphatic rings. The summed E-state index contributed by atoms with van der Waals surface area (Å²) < 4.78 is 5.51. The molecule has 15 heavy (non-hydrogen) atoms. The number of anilines is 1. The molecule has 2 rings (SSSR count). The zero-order valence-electron chi connectivity index (χ0n) is 8.03. The van der Waals surface area contributed by atoms with Gasteiger partial charge in [0, 0.05) is 16.5 Å². The zero-order chi connectivity index (χ0) is 10.8. The van der Waals surface area contributed by atoms with Crippen molar-refractivity contribution in [1.82, 2.24) is 4.98 Å². The highest BCUT2D eigenvalue weighted by Crippen LogP contribution is 2.31. The number of benzene rings is 1. The van der Waals surface area contributed by atoms with Crippen LogP contribution >= 0.6 is 22.9 Å². The molecule has 2 aromatic rings. The first-order valence-electron chi connectivity index (χ1n) is 4.30. The van der Waals surface area contributed by atoms with Gasteiger partial charge in [0.15, 0.2) is 5.75 Å². The Morgan fingerprint density at radius 1 is 1.47 bits per heavy atom. The number of nitrogens with two attached hydrogens (primary N) is 1. The summed E-state index contributed by atoms with van der Waals surface area (Å²) in [5.41, 5.74) is 7.21. The fourth-order valence-corrected chi connectivity index (χ4v) is 1.89. The summed E-state index contributed by atoms with van der Waals surface area (Å²) in [4.78, 5) is 4.17. The Balaban J connectivity index is 2.27. The van der Waals surface area contributed by atoms with E-state index in [1.807, 2.05) is 12.3 Å². The Kier molecular flexibility index (Phi) is 2.79. The number of nitrogens with zero attached hydrogens (tertiary/aromatic N) is 1. The van der Waals surface area contributed by atoms with Crippen molar-refractivity contribution in [1.29, 1.82) is 0 Å². The largest absolute Gasteiger partial charge is 0.429 e. The Bertz CT molecular complexity index is 484. The summed E-state index contributed by atoms with van der Waals surface area (Å²) in [6.45, 7) is 1.91. The van der Waals surface area contributed by atoms with Crippen LogP contribution in [0.4, 0.5) is 5.69 Å². The molecular weight excluding hydrogens is 232 g/mol. The van der Waals surface area contributed by atoms with Crippen LogP contribution in [0.15, 0.2) is 23.6 Å². The van der Waals surface area contributed by atoms with Gasteiger partial charge in [-0.15, -0.1) is 0 Å². The number of nitrogen functional groups attached to an aromatic ring is 1. The number of hydrogen-bond donors (Lipinski definition) is 1. The van der Waals surface area contributed by atoms with Gasteiger partial charge in [-0.05, 0) is 19.1 Å². The summed E-state index contributed by atoms with van der Waals surface area (Å²) >= 11 is 7.26. The normalized spacial score (nSPS) is 10.3. The van der Waals surface area contributed by atoms with E-state index in [1.54, 1.807) is 18.2 Å². The molecule has 0 saturated heterocycles. The predicted molar refractivity (Wildman–Crippen MR) is 62.8 cm³/mol. The van der Waals surface area contributed by atoms with Crippen molar-refractivity contribution in [2.75, 3.05) is 5.73 Å². The number of rotatable bonds is 2. The SMILES string of the molecule is Cc1csc(Oc2cc(Cl)ccc2N)n1. The van der Waals surface area contributed by atoms with Crippen LogP contribution in [0.5, 0.6) is 10.9 Å². The zero-order valence-corrected chi connectivity index (χ0v) is 9.60. The van der Waals surface area contributed by atoms with E-state index in [-0.39, 0.29) is 0 Å². The monoisotopic (exact) mass is 240 g/mol. The van der Waals surface area contributed by atoms with Crippen LogP contribution in [0.1, 0.15) is 5.69 Å². The van der Waals surface area contributed by atoms with E-state index >= 15 is 0 Å². The maximum atomic E-state index is 5.84. The fraction of sp³-hybridized carbons (Fsp3) is 0.100. The van der Waals surface area contributed by atoms with Gasteiger partial charge in [-0.1, -0.05) is 22.9 Å². The average Bonchev–Trinajstić information content (AvgIpc) is 2.58. The molecule has 1 aromatic heterocycles. The molecule has 0 saturated carbocycles. The number of thiazole rings is 1. The molecule has 2 N–H and O–H groups in total. The molecule has 0 bridgehead atoms. The van der Waals surface area contributed by atoms with Gasteiger partial charge >= 0.3 is 0 Å². The molecule has 78 valence electrons. The van der Waals surface area contributed by atoms with Crippen LogP contribution in [-0.4, -0.2) is 4.98 Å². The second-order valence-electron chi connectivity index (χ2n) is 3.04. The number of ether oxygens (including phenoxy) is 1. The van der Waals surface area contributed by atoms with Gasteiger partial charge in [0.1, 0.15) is 0 Å². The Hall–Kier alpha value is -1.26. The first-order chi connectivity index (χ1) is 7.15. The lowest BCUT2D eigenvalue weighted by molar-refractivity contribution is 0.480. The summed E-state index contributed by atoms with van der Waals surface area (Å²) in [7, 11) is 0. The number of halogens is 1. The Morgan fingerprint density at radius 3 is 2.93 bits per heavy atom. The van der Waals surface area contributed by atoms with E-state index in [4.69, 9.17) is 22.1 Å². The lowest BCUT2D eigenvalue weighted by Gasteiger charge is -2.05. The lowest BCUT2D eigenvalue weighted by Crippen LogP contribution is -1.91. The summed E-state index contributed by atoms with van der Waals surface area (Å²) in [5.74, 6) is 0.539. The van der Waals surface area contributed by atoms with Gasteiger partial charge in [-0.3, -0.25) is 0 Å². The van der Waals surface area contributed by atoms with Crippen LogP contribution in [-0.2, 0) is 0 Å². The molecule has 0 unspecified atom stereocenters. The third-order valence-corrected chi connectivity index (χ3v) is 2.84. The topological polar surface area (TPSA) is 48.1 Å². The van der Waals surface area contributed by atoms with E-state index in [0.29, 0.717) is 21.7 Å². The minimum absolute atomic E-state index is 0.539. The quantitative estimate of drug-likeness (QED) is 0.818. The highest BCUT2D eigenvalue weighted by molar-refractivity contribution is 7.11. The smallest absolute Gasteiger partial charge is 0.278 e. The van der Waals surface area contributed by atoms with Crippen LogP contribution < -0.4 is 10.5 Å². The number of aromatic nitrogens is 1. The first kappa shape index (κ1) is 10.3. The molecule has 0 aliphatic heterocycles. The second-order valence-corrected chi connectivity index (χ2v) is 4.30. The first-order valence-corrected chi connectivity index (χ1v) is 5.56. The second kappa shape index (κ2) is 4.08. The van der Waals surface area contributed by atoms with Crippen LogP contribution in [0.3, 0.4) is 0 Å². The molecule has 1 heterocycles. The van der Waals surface area contributed by atoms with Crippen molar-refractivity contribution >= 4 is 28.6 Å². The predicted octanol–water partition coefficient (Wildman–Crippen LogP) is 3.48. The molecule has 0 radical (unpaired) electrons. The van der Waals surface area contributed by atoms with Crippen LogP contribution in [0.2, 0.25) is 5.02 Å². The van der Waals surface area contributed by atoms with Crippen molar-refractivity contribution in [2.24, 2.45) is 0 Å². The highest BCUT2D eigenvalue weighted by Gasteiger charge is 2.05. The van der Waals surface area contributed by atoms with E-state index in [1.165, 1.54) is 11.3 Å². The maximum Gasteiger partial charge on any atom is 0.278 e. The highest BCUT2D eigenvalue weighted by atomic mass is 35.5. The lowest BCUT2D eigenvalue weighted by atomic mass is 10.3. The van der Waals surface area contributed by atoms with Gasteiger partial charge in [0.2, 0.25) is 0 Å². The molecule has 0 aliphatic carbocycles. The molecular formula is C10H9ClN2OS. The van der Waals surface area contributed by atoms with E-state index < -0.39 is 0 Å². The molecule has 0 amide bonds. The molecule has 0 atom stereocenters. The molecule has 0 fully saturated rings. The van der Waals surface area contributed by atoms with E-state index in [0.717, 1.165) is 5.69 Å². The molecule has 5 heteroatoms. The molecule has 3 nitrogen and oxygen atoms in total. The minimum Gasteiger partial charge on any atom is -0.429 e. The standard InChI is InChI=1S/C10H9ClN2OS/c1-6-5-15-10(13-6)14-9-4-7(11)2-3-8(9)12/h2-5H,12H2,1H3. The maximum absolute atomic E-state index is 5.84. The van der Waals surface area contributed by atoms with Crippen molar-refractivity contribution < 1.29 is 4.74 Å².